The topological polar surface area (TPSA) is 17.1 Å². The number of hydrogen-bond acceptors (Lipinski definition) is 1. The van der Waals surface area contributed by atoms with Crippen LogP contribution in [-0.4, -0.2) is 12.0 Å². The second-order valence-electron chi connectivity index (χ2n) is 2.57. The Balaban J connectivity index is 3.15. The zero-order valence-electron chi connectivity index (χ0n) is 6.73. The summed E-state index contributed by atoms with van der Waals surface area (Å²) in [7, 11) is 2.27. The van der Waals surface area contributed by atoms with Crippen LogP contribution in [0.15, 0.2) is 18.2 Å². The predicted octanol–water partition coefficient (Wildman–Crippen LogP) is 2.59. The maximum Gasteiger partial charge on any atom is 0.454 e. The van der Waals surface area contributed by atoms with Crippen LogP contribution in [0.5, 0.6) is 0 Å². The Hall–Kier alpha value is -0.600. The van der Waals surface area contributed by atoms with Gasteiger partial charge in [-0.2, -0.15) is 13.2 Å². The quantitative estimate of drug-likeness (QED) is 0.545. The van der Waals surface area contributed by atoms with Gasteiger partial charge in [-0.25, -0.2) is 0 Å². The standard InChI is InChI=1S/C8H5ClF3OP/c9-6-3-4(14)1-2-5(6)7(13)8(10,11)12/h1-3H,14H2. The highest BCUT2D eigenvalue weighted by Gasteiger charge is 2.40. The molecule has 1 atom stereocenters. The lowest BCUT2D eigenvalue weighted by Gasteiger charge is -2.06. The molecule has 0 saturated heterocycles. The lowest BCUT2D eigenvalue weighted by Crippen LogP contribution is -2.23. The molecule has 1 aromatic rings. The number of alkyl halides is 3. The van der Waals surface area contributed by atoms with E-state index in [9.17, 15) is 18.0 Å². The van der Waals surface area contributed by atoms with Crippen molar-refractivity contribution in [3.63, 3.8) is 0 Å². The minimum Gasteiger partial charge on any atom is -0.284 e. The molecule has 0 fully saturated rings. The largest absolute Gasteiger partial charge is 0.454 e. The van der Waals surface area contributed by atoms with E-state index < -0.39 is 17.5 Å². The molecule has 14 heavy (non-hydrogen) atoms. The van der Waals surface area contributed by atoms with Crippen LogP contribution in [0, 0.1) is 0 Å². The van der Waals surface area contributed by atoms with Gasteiger partial charge >= 0.3 is 6.18 Å². The molecule has 0 aliphatic carbocycles. The third-order valence-electron chi connectivity index (χ3n) is 1.50. The highest BCUT2D eigenvalue weighted by atomic mass is 35.5. The zero-order chi connectivity index (χ0) is 10.9. The number of halogens is 4. The molecule has 0 saturated carbocycles. The van der Waals surface area contributed by atoms with Crippen LogP contribution >= 0.6 is 20.8 Å². The molecular weight excluding hydrogens is 236 g/mol. The van der Waals surface area contributed by atoms with Crippen LogP contribution in [0.25, 0.3) is 0 Å². The zero-order valence-corrected chi connectivity index (χ0v) is 8.64. The van der Waals surface area contributed by atoms with E-state index in [1.807, 2.05) is 0 Å². The second kappa shape index (κ2) is 3.87. The van der Waals surface area contributed by atoms with Crippen molar-refractivity contribution in [2.24, 2.45) is 0 Å². The van der Waals surface area contributed by atoms with Gasteiger partial charge in [-0.05, 0) is 17.4 Å². The molecule has 1 unspecified atom stereocenters. The summed E-state index contributed by atoms with van der Waals surface area (Å²) >= 11 is 5.50. The van der Waals surface area contributed by atoms with Crippen LogP contribution in [0.2, 0.25) is 5.02 Å². The van der Waals surface area contributed by atoms with Gasteiger partial charge in [-0.15, -0.1) is 9.24 Å². The molecule has 0 aromatic heterocycles. The first-order valence-corrected chi connectivity index (χ1v) is 4.44. The summed E-state index contributed by atoms with van der Waals surface area (Å²) in [5, 5.41) is 0.425. The number of Topliss-reactive ketones (excluding diaryl/α,β-unsaturated/α-hetero) is 1. The average Bonchev–Trinajstić information content (AvgIpc) is 2.01. The Kier molecular flexibility index (Phi) is 3.17. The molecule has 0 amide bonds. The first-order valence-electron chi connectivity index (χ1n) is 3.49. The van der Waals surface area contributed by atoms with Gasteiger partial charge in [0.2, 0.25) is 0 Å². The van der Waals surface area contributed by atoms with Crippen molar-refractivity contribution in [3.8, 4) is 0 Å². The van der Waals surface area contributed by atoms with Crippen LogP contribution < -0.4 is 5.30 Å². The summed E-state index contributed by atoms with van der Waals surface area (Å²) in [6.45, 7) is 0. The van der Waals surface area contributed by atoms with Crippen molar-refractivity contribution in [2.75, 3.05) is 0 Å². The molecule has 0 N–H and O–H groups in total. The predicted molar refractivity (Wildman–Crippen MR) is 51.2 cm³/mol. The first-order chi connectivity index (χ1) is 6.32. The molecule has 76 valence electrons. The van der Waals surface area contributed by atoms with Gasteiger partial charge in [0.25, 0.3) is 5.78 Å². The van der Waals surface area contributed by atoms with E-state index >= 15 is 0 Å². The molecule has 6 heteroatoms. The average molecular weight is 241 g/mol. The fourth-order valence-corrected chi connectivity index (χ4v) is 1.51. The molecular formula is C8H5ClF3OP. The fourth-order valence-electron chi connectivity index (χ4n) is 0.868. The van der Waals surface area contributed by atoms with E-state index in [2.05, 4.69) is 9.24 Å². The van der Waals surface area contributed by atoms with Crippen molar-refractivity contribution in [1.82, 2.24) is 0 Å². The SMILES string of the molecule is O=C(c1ccc(P)cc1Cl)C(F)(F)F. The summed E-state index contributed by atoms with van der Waals surface area (Å²) in [5.41, 5.74) is -0.523. The molecule has 0 bridgehead atoms. The fraction of sp³-hybridized carbons (Fsp3) is 0.125. The molecule has 1 nitrogen and oxygen atoms in total. The molecule has 0 radical (unpaired) electrons. The summed E-state index contributed by atoms with van der Waals surface area (Å²) in [4.78, 5) is 10.8. The number of carbonyl (C=O) groups excluding carboxylic acids is 1. The summed E-state index contributed by atoms with van der Waals surface area (Å²) in [6, 6.07) is 3.71. The van der Waals surface area contributed by atoms with Crippen LogP contribution in [-0.2, 0) is 0 Å². The maximum atomic E-state index is 12.0. The lowest BCUT2D eigenvalue weighted by atomic mass is 10.1. The molecule has 1 rings (SSSR count). The van der Waals surface area contributed by atoms with Gasteiger partial charge < -0.3 is 0 Å². The first kappa shape index (κ1) is 11.5. The van der Waals surface area contributed by atoms with Gasteiger partial charge in [-0.3, -0.25) is 4.79 Å². The van der Waals surface area contributed by atoms with Gasteiger partial charge in [0.15, 0.2) is 0 Å². The Morgan fingerprint density at radius 1 is 1.36 bits per heavy atom. The van der Waals surface area contributed by atoms with E-state index in [4.69, 9.17) is 11.6 Å². The van der Waals surface area contributed by atoms with E-state index in [1.165, 1.54) is 12.1 Å². The van der Waals surface area contributed by atoms with Crippen molar-refractivity contribution in [3.05, 3.63) is 28.8 Å². The Morgan fingerprint density at radius 2 is 1.93 bits per heavy atom. The Bertz CT molecular complexity index is 375. The van der Waals surface area contributed by atoms with Gasteiger partial charge in [0.05, 0.1) is 5.02 Å². The van der Waals surface area contributed by atoms with Gasteiger partial charge in [-0.1, -0.05) is 17.7 Å². The second-order valence-corrected chi connectivity index (χ2v) is 3.64. The van der Waals surface area contributed by atoms with Crippen molar-refractivity contribution in [2.45, 2.75) is 6.18 Å². The number of hydrogen-bond donors (Lipinski definition) is 0. The van der Waals surface area contributed by atoms with E-state index in [-0.39, 0.29) is 5.02 Å². The molecule has 0 aliphatic heterocycles. The summed E-state index contributed by atoms with van der Waals surface area (Å²) in [6.07, 6.45) is -4.88. The van der Waals surface area contributed by atoms with Gasteiger partial charge in [0.1, 0.15) is 0 Å². The number of carbonyl (C=O) groups is 1. The molecule has 0 heterocycles. The van der Waals surface area contributed by atoms with Crippen LogP contribution in [0.4, 0.5) is 13.2 Å². The van der Waals surface area contributed by atoms with Crippen molar-refractivity contribution < 1.29 is 18.0 Å². The lowest BCUT2D eigenvalue weighted by molar-refractivity contribution is -0.0885. The minimum absolute atomic E-state index is 0.195. The third kappa shape index (κ3) is 2.46. The normalized spacial score (nSPS) is 11.5. The Morgan fingerprint density at radius 3 is 2.36 bits per heavy atom. The smallest absolute Gasteiger partial charge is 0.284 e. The third-order valence-corrected chi connectivity index (χ3v) is 2.17. The highest BCUT2D eigenvalue weighted by Crippen LogP contribution is 2.25. The minimum atomic E-state index is -4.88. The molecule has 0 spiro atoms. The number of rotatable bonds is 1. The number of benzene rings is 1. The Labute approximate surface area is 85.5 Å². The van der Waals surface area contributed by atoms with Crippen LogP contribution in [0.1, 0.15) is 10.4 Å². The highest BCUT2D eigenvalue weighted by molar-refractivity contribution is 7.27. The number of ketones is 1. The maximum absolute atomic E-state index is 12.0. The van der Waals surface area contributed by atoms with E-state index in [0.29, 0.717) is 5.30 Å². The van der Waals surface area contributed by atoms with Gasteiger partial charge in [0, 0.05) is 5.56 Å². The monoisotopic (exact) mass is 240 g/mol. The van der Waals surface area contributed by atoms with Crippen molar-refractivity contribution >= 4 is 31.9 Å². The van der Waals surface area contributed by atoms with Crippen molar-refractivity contribution in [1.29, 1.82) is 0 Å². The molecule has 0 aliphatic rings. The summed E-state index contributed by atoms with van der Waals surface area (Å²) in [5.74, 6) is -1.92. The van der Waals surface area contributed by atoms with Crippen LogP contribution in [0.3, 0.4) is 0 Å². The molecule has 1 aromatic carbocycles. The van der Waals surface area contributed by atoms with E-state index in [0.717, 1.165) is 6.07 Å². The summed E-state index contributed by atoms with van der Waals surface area (Å²) < 4.78 is 36.0. The van der Waals surface area contributed by atoms with E-state index in [1.54, 1.807) is 0 Å².